The first-order chi connectivity index (χ1) is 34.1. The lowest BCUT2D eigenvalue weighted by Crippen LogP contribution is -2.39. The third-order valence-corrected chi connectivity index (χ3v) is 12.2. The van der Waals surface area contributed by atoms with Crippen molar-refractivity contribution in [1.82, 2.24) is 54.9 Å². The third kappa shape index (κ3) is 10.8. The number of hydrogen-bond donors (Lipinski definition) is 6. The molecule has 6 aromatic heterocycles. The summed E-state index contributed by atoms with van der Waals surface area (Å²) in [4.78, 5) is 38.4. The van der Waals surface area contributed by atoms with Crippen LogP contribution < -0.4 is 25.9 Å². The van der Waals surface area contributed by atoms with E-state index >= 15 is 8.78 Å². The van der Waals surface area contributed by atoms with Gasteiger partial charge < -0.3 is 34.9 Å². The highest BCUT2D eigenvalue weighted by molar-refractivity contribution is 5.72. The van der Waals surface area contributed by atoms with E-state index in [0.29, 0.717) is 12.1 Å². The first-order valence-electron chi connectivity index (χ1n) is 22.5. The summed E-state index contributed by atoms with van der Waals surface area (Å²) in [5.41, 5.74) is 0.589. The van der Waals surface area contributed by atoms with Gasteiger partial charge >= 0.3 is 30.7 Å². The van der Waals surface area contributed by atoms with Gasteiger partial charge in [0, 0.05) is 54.6 Å². The number of halogens is 8. The van der Waals surface area contributed by atoms with E-state index in [1.165, 1.54) is 45.7 Å². The van der Waals surface area contributed by atoms with Gasteiger partial charge in [0.25, 0.3) is 0 Å². The predicted molar refractivity (Wildman–Crippen MR) is 227 cm³/mol. The Morgan fingerprint density at radius 2 is 1.58 bits per heavy atom. The van der Waals surface area contributed by atoms with Crippen molar-refractivity contribution in [2.45, 2.75) is 126 Å². The molecule has 4 aliphatic rings. The van der Waals surface area contributed by atoms with Crippen molar-refractivity contribution in [3.63, 3.8) is 0 Å². The van der Waals surface area contributed by atoms with Crippen molar-refractivity contribution in [2.75, 3.05) is 23.8 Å². The molecule has 10 rings (SSSR count). The second-order valence-electron chi connectivity index (χ2n) is 18.3. The van der Waals surface area contributed by atoms with Gasteiger partial charge in [0.2, 0.25) is 11.8 Å². The lowest BCUT2D eigenvalue weighted by molar-refractivity contribution is -0.742. The molecule has 2 amide bonds. The van der Waals surface area contributed by atoms with Crippen molar-refractivity contribution in [1.29, 1.82) is 0 Å². The summed E-state index contributed by atoms with van der Waals surface area (Å²) < 4.78 is 144. The predicted octanol–water partition coefficient (Wildman–Crippen LogP) is 6.37. The molecule has 30 heteroatoms. The van der Waals surface area contributed by atoms with Crippen LogP contribution in [0.1, 0.15) is 92.7 Å². The maximum absolute atomic E-state index is 16.1. The van der Waals surface area contributed by atoms with Crippen LogP contribution in [0.15, 0.2) is 42.9 Å². The molecule has 8 heterocycles. The summed E-state index contributed by atoms with van der Waals surface area (Å²) in [6, 6.07) is 5.08. The van der Waals surface area contributed by atoms with E-state index in [2.05, 4.69) is 61.1 Å². The van der Waals surface area contributed by atoms with Crippen LogP contribution in [0.4, 0.5) is 68.1 Å². The average molecular weight is 1030 g/mol. The topological polar surface area (TPSA) is 246 Å². The van der Waals surface area contributed by atoms with Crippen molar-refractivity contribution in [3.05, 3.63) is 71.3 Å². The van der Waals surface area contributed by atoms with Crippen molar-refractivity contribution >= 4 is 46.8 Å². The van der Waals surface area contributed by atoms with Crippen molar-refractivity contribution < 1.29 is 77.8 Å². The molecule has 22 nitrogen and oxygen atoms in total. The number of amides is 2. The van der Waals surface area contributed by atoms with E-state index in [1.54, 1.807) is 24.6 Å². The number of imidazole rings is 1. The first-order valence-corrected chi connectivity index (χ1v) is 22.5. The Morgan fingerprint density at radius 1 is 0.903 bits per heavy atom. The number of nitrogens with zero attached hydrogens (tertiary/aromatic N) is 8. The Labute approximate surface area is 400 Å². The van der Waals surface area contributed by atoms with Gasteiger partial charge in [-0.2, -0.15) is 14.9 Å². The Kier molecular flexibility index (Phi) is 12.6. The standard InChI is InChI=1S/C42H44F8N14O8/c1-18(2)52-38(65)71-27-16-68-35(33(27)44)24-12-31(56-36-26-8-19(14-69-41(45,46)47)60-63(26)7-6-51-36)64(61-24)25-9-21(25)22-11-30-53-20(15-70-42(48,49)50)13-62(30)37(54-22)55-29-10-23(58-59-29)34-32(43)28(17-67-34)72-39(66)57-40(3)4-5-40/h6-8,10-13,18,21,25,27-28,32-35H,4-5,9,14-17H2,1-3H3,(H5,51,52,53,54,55,56,57,58,59,60,61,65,66)/p+1/t21?,25?,27-,28+,32-,33-,34+,35-/m1/s1. The van der Waals surface area contributed by atoms with E-state index in [9.17, 15) is 35.9 Å². The highest BCUT2D eigenvalue weighted by Gasteiger charge is 2.50. The van der Waals surface area contributed by atoms with Crippen LogP contribution in [0.25, 0.3) is 11.2 Å². The zero-order chi connectivity index (χ0) is 50.9. The van der Waals surface area contributed by atoms with Crippen LogP contribution in [-0.2, 0) is 41.6 Å². The highest BCUT2D eigenvalue weighted by atomic mass is 19.4. The third-order valence-electron chi connectivity index (χ3n) is 12.2. The van der Waals surface area contributed by atoms with Crippen molar-refractivity contribution in [3.8, 4) is 0 Å². The number of rotatable bonds is 16. The second kappa shape index (κ2) is 18.6. The number of hydrogen-bond acceptors (Lipinski definition) is 15. The number of aromatic amines is 2. The quantitative estimate of drug-likeness (QED) is 0.0456. The lowest BCUT2D eigenvalue weighted by Gasteiger charge is -2.17. The number of anilines is 4. The molecule has 0 aromatic carbocycles. The van der Waals surface area contributed by atoms with Crippen LogP contribution >= 0.6 is 0 Å². The molecule has 4 fully saturated rings. The fourth-order valence-electron chi connectivity index (χ4n) is 8.38. The minimum absolute atomic E-state index is 0.0251. The Bertz CT molecular complexity index is 2970. The zero-order valence-electron chi connectivity index (χ0n) is 38.1. The fourth-order valence-corrected chi connectivity index (χ4v) is 8.38. The van der Waals surface area contributed by atoms with Gasteiger partial charge in [-0.05, 0) is 39.7 Å². The van der Waals surface area contributed by atoms with E-state index in [0.717, 1.165) is 12.8 Å². The summed E-state index contributed by atoms with van der Waals surface area (Å²) in [6.07, 6.45) is -14.1. The Morgan fingerprint density at radius 3 is 2.26 bits per heavy atom. The minimum Gasteiger partial charge on any atom is -0.441 e. The van der Waals surface area contributed by atoms with Crippen LogP contribution in [0.5, 0.6) is 0 Å². The number of carbonyl (C=O) groups is 2. The zero-order valence-corrected chi connectivity index (χ0v) is 38.1. The molecule has 2 unspecified atom stereocenters. The molecule has 0 radical (unpaired) electrons. The summed E-state index contributed by atoms with van der Waals surface area (Å²) >= 11 is 0. The number of carbonyl (C=O) groups excluding carboxylic acids is 2. The number of ether oxygens (including phenoxy) is 6. The minimum atomic E-state index is -4.96. The van der Waals surface area contributed by atoms with Crippen LogP contribution in [0.2, 0.25) is 0 Å². The summed E-state index contributed by atoms with van der Waals surface area (Å²) in [6.45, 7) is 2.92. The molecule has 2 aliphatic heterocycles. The molecule has 2 aliphatic carbocycles. The molecular weight excluding hydrogens is 981 g/mol. The highest BCUT2D eigenvalue weighted by Crippen LogP contribution is 2.49. The van der Waals surface area contributed by atoms with Gasteiger partial charge in [-0.1, -0.05) is 0 Å². The normalized spacial score (nSPS) is 24.8. The molecule has 72 heavy (non-hydrogen) atoms. The monoisotopic (exact) mass is 1030 g/mol. The number of alkyl halides is 8. The molecule has 6 N–H and O–H groups in total. The second-order valence-corrected chi connectivity index (χ2v) is 18.3. The SMILES string of the molecule is CC(C)NC(=O)O[C@@H]1CO[C@H](c2cc(Nc3nccn4nc(COC(F)(F)F)cc34)[n+](C3CC3c3cc4nc(COC(F)(F)F)cn4c(Nc4cc([C@@H]5OC[C@H](OC(=O)NC6(C)CC6)[C@H]5F)[nH]n4)n3)[nH]2)[C@@H]1F. The van der Waals surface area contributed by atoms with Crippen LogP contribution in [0.3, 0.4) is 0 Å². The molecule has 6 aromatic rings. The number of nitrogens with one attached hydrogen (secondary N) is 6. The average Bonchev–Trinajstić information content (AvgIpc) is 3.69. The first kappa shape index (κ1) is 48.7. The van der Waals surface area contributed by atoms with Crippen LogP contribution in [0, 0.1) is 0 Å². The number of alkyl carbamates (subject to hydrolysis) is 2. The Balaban J connectivity index is 0.937. The summed E-state index contributed by atoms with van der Waals surface area (Å²) in [5.74, 6) is 0.0555. The number of aromatic nitrogens is 10. The van der Waals surface area contributed by atoms with Gasteiger partial charge in [0.1, 0.15) is 36.0 Å². The van der Waals surface area contributed by atoms with Gasteiger partial charge in [-0.25, -0.2) is 48.3 Å². The molecule has 0 spiro atoms. The molecule has 8 atom stereocenters. The number of fused-ring (bicyclic) bond motifs is 2. The van der Waals surface area contributed by atoms with Crippen molar-refractivity contribution in [2.24, 2.45) is 0 Å². The molecular formula is C42H45F8N14O8+. The van der Waals surface area contributed by atoms with Crippen LogP contribution in [-0.4, -0.2) is 119 Å². The fraction of sp³-hybridized carbons (Fsp3) is 0.524. The van der Waals surface area contributed by atoms with Gasteiger partial charge in [0.05, 0.1) is 54.4 Å². The summed E-state index contributed by atoms with van der Waals surface area (Å²) in [5, 5.41) is 25.7. The lowest BCUT2D eigenvalue weighted by atomic mass is 10.1. The maximum Gasteiger partial charge on any atom is 0.522 e. The van der Waals surface area contributed by atoms with E-state index in [-0.39, 0.29) is 82.1 Å². The molecule has 2 saturated heterocycles. The van der Waals surface area contributed by atoms with E-state index in [1.807, 2.05) is 6.92 Å². The summed E-state index contributed by atoms with van der Waals surface area (Å²) in [7, 11) is 0. The van der Waals surface area contributed by atoms with Gasteiger partial charge in [-0.3, -0.25) is 19.0 Å². The maximum atomic E-state index is 16.1. The molecule has 386 valence electrons. The largest absolute Gasteiger partial charge is 0.522 e. The van der Waals surface area contributed by atoms with Gasteiger partial charge in [0.15, 0.2) is 30.4 Å². The van der Waals surface area contributed by atoms with E-state index in [4.69, 9.17) is 23.9 Å². The number of H-pyrrole nitrogens is 2. The van der Waals surface area contributed by atoms with E-state index < -0.39 is 86.8 Å². The molecule has 2 saturated carbocycles. The smallest absolute Gasteiger partial charge is 0.441 e. The molecule has 0 bridgehead atoms. The van der Waals surface area contributed by atoms with Gasteiger partial charge in [-0.15, -0.1) is 26.3 Å². The Hall–Kier alpha value is -6.92.